The average molecular weight is 268 g/mol. The van der Waals surface area contributed by atoms with E-state index < -0.39 is 0 Å². The molecular weight excluding hydrogens is 252 g/mol. The topological polar surface area (TPSA) is 41.9 Å². The lowest BCUT2D eigenvalue weighted by Gasteiger charge is -2.17. The summed E-state index contributed by atoms with van der Waals surface area (Å²) in [6.45, 7) is 1.78. The predicted octanol–water partition coefficient (Wildman–Crippen LogP) is 3.35. The van der Waals surface area contributed by atoms with E-state index in [4.69, 9.17) is 4.74 Å². The molecule has 102 valence electrons. The van der Waals surface area contributed by atoms with E-state index in [1.165, 1.54) is 5.01 Å². The fraction of sp³-hybridized carbons (Fsp3) is 0.125. The Morgan fingerprint density at radius 3 is 2.30 bits per heavy atom. The summed E-state index contributed by atoms with van der Waals surface area (Å²) in [5.74, 6) is 0.531. The number of benzene rings is 2. The molecule has 0 unspecified atom stereocenters. The molecule has 0 N–H and O–H groups in total. The van der Waals surface area contributed by atoms with Crippen molar-refractivity contribution < 1.29 is 9.53 Å². The predicted molar refractivity (Wildman–Crippen MR) is 80.4 cm³/mol. The van der Waals surface area contributed by atoms with Crippen LogP contribution in [-0.2, 0) is 0 Å². The van der Waals surface area contributed by atoms with Gasteiger partial charge >= 0.3 is 0 Å². The fourth-order valence-corrected chi connectivity index (χ4v) is 1.78. The van der Waals surface area contributed by atoms with Crippen LogP contribution in [0.5, 0.6) is 5.75 Å². The molecule has 0 aromatic heterocycles. The van der Waals surface area contributed by atoms with Crippen LogP contribution >= 0.6 is 0 Å². The number of carbonyl (C=O) groups excluding carboxylic acids is 1. The van der Waals surface area contributed by atoms with Crippen molar-refractivity contribution in [1.82, 2.24) is 0 Å². The zero-order valence-corrected chi connectivity index (χ0v) is 11.5. The van der Waals surface area contributed by atoms with Crippen molar-refractivity contribution in [2.24, 2.45) is 5.10 Å². The van der Waals surface area contributed by atoms with Gasteiger partial charge in [0.15, 0.2) is 0 Å². The van der Waals surface area contributed by atoms with Crippen LogP contribution in [0.1, 0.15) is 17.3 Å². The standard InChI is InChI=1S/C16H16N2O2/c1-3-17-18(14-7-5-4-6-8-14)16(19)13-9-11-15(20-2)12-10-13/h3-12H,1-2H3/b17-3-. The maximum atomic E-state index is 12.5. The molecule has 0 aliphatic rings. The van der Waals surface area contributed by atoms with Crippen molar-refractivity contribution in [3.63, 3.8) is 0 Å². The van der Waals surface area contributed by atoms with Gasteiger partial charge in [-0.1, -0.05) is 18.2 Å². The molecule has 0 saturated carbocycles. The molecule has 2 aromatic rings. The molecule has 0 bridgehead atoms. The maximum absolute atomic E-state index is 12.5. The van der Waals surface area contributed by atoms with Gasteiger partial charge in [0.2, 0.25) is 0 Å². The summed E-state index contributed by atoms with van der Waals surface area (Å²) < 4.78 is 5.09. The van der Waals surface area contributed by atoms with Gasteiger partial charge in [-0.2, -0.15) is 10.1 Å². The molecule has 2 aromatic carbocycles. The van der Waals surface area contributed by atoms with E-state index in [2.05, 4.69) is 5.10 Å². The number of carbonyl (C=O) groups is 1. The Balaban J connectivity index is 2.31. The smallest absolute Gasteiger partial charge is 0.278 e. The van der Waals surface area contributed by atoms with Crippen molar-refractivity contribution in [3.05, 3.63) is 60.2 Å². The van der Waals surface area contributed by atoms with Crippen molar-refractivity contribution in [3.8, 4) is 5.75 Å². The van der Waals surface area contributed by atoms with E-state index >= 15 is 0 Å². The molecule has 0 radical (unpaired) electrons. The van der Waals surface area contributed by atoms with Gasteiger partial charge in [0, 0.05) is 11.8 Å². The Morgan fingerprint density at radius 1 is 1.10 bits per heavy atom. The Morgan fingerprint density at radius 2 is 1.75 bits per heavy atom. The summed E-state index contributed by atoms with van der Waals surface area (Å²) in [7, 11) is 1.59. The number of methoxy groups -OCH3 is 1. The Labute approximate surface area is 118 Å². The highest BCUT2D eigenvalue weighted by Gasteiger charge is 2.16. The first-order valence-corrected chi connectivity index (χ1v) is 6.28. The lowest BCUT2D eigenvalue weighted by atomic mass is 10.2. The number of ether oxygens (including phenoxy) is 1. The van der Waals surface area contributed by atoms with Crippen LogP contribution < -0.4 is 9.75 Å². The summed E-state index contributed by atoms with van der Waals surface area (Å²) in [5, 5.41) is 5.52. The molecule has 0 saturated heterocycles. The summed E-state index contributed by atoms with van der Waals surface area (Å²) in [5.41, 5.74) is 1.28. The minimum absolute atomic E-state index is 0.183. The first kappa shape index (κ1) is 13.8. The molecule has 4 heteroatoms. The SMILES string of the molecule is C/C=N\N(C(=O)c1ccc(OC)cc1)c1ccccc1. The number of rotatable bonds is 4. The van der Waals surface area contributed by atoms with Crippen molar-refractivity contribution in [2.75, 3.05) is 12.1 Å². The molecule has 0 spiro atoms. The van der Waals surface area contributed by atoms with Crippen LogP contribution in [0.3, 0.4) is 0 Å². The van der Waals surface area contributed by atoms with E-state index in [9.17, 15) is 4.79 Å². The van der Waals surface area contributed by atoms with Gasteiger partial charge < -0.3 is 4.74 Å². The Hall–Kier alpha value is -2.62. The molecule has 0 aliphatic carbocycles. The number of hydrogen-bond acceptors (Lipinski definition) is 3. The second-order valence-corrected chi connectivity index (χ2v) is 4.05. The van der Waals surface area contributed by atoms with Crippen LogP contribution in [0.15, 0.2) is 59.7 Å². The van der Waals surface area contributed by atoms with Gasteiger partial charge in [0.1, 0.15) is 5.75 Å². The largest absolute Gasteiger partial charge is 0.497 e. The number of hydrazone groups is 1. The third-order valence-corrected chi connectivity index (χ3v) is 2.76. The van der Waals surface area contributed by atoms with Crippen molar-refractivity contribution in [1.29, 1.82) is 0 Å². The number of nitrogens with zero attached hydrogens (tertiary/aromatic N) is 2. The van der Waals surface area contributed by atoms with E-state index in [1.807, 2.05) is 30.3 Å². The molecule has 2 rings (SSSR count). The van der Waals surface area contributed by atoms with Crippen LogP contribution in [-0.4, -0.2) is 19.2 Å². The zero-order chi connectivity index (χ0) is 14.4. The lowest BCUT2D eigenvalue weighted by molar-refractivity contribution is 0.0988. The maximum Gasteiger partial charge on any atom is 0.278 e. The fourth-order valence-electron chi connectivity index (χ4n) is 1.78. The van der Waals surface area contributed by atoms with Gasteiger partial charge in [-0.3, -0.25) is 4.79 Å². The number of hydrogen-bond donors (Lipinski definition) is 0. The first-order chi connectivity index (χ1) is 9.76. The molecule has 4 nitrogen and oxygen atoms in total. The zero-order valence-electron chi connectivity index (χ0n) is 11.5. The monoisotopic (exact) mass is 268 g/mol. The lowest BCUT2D eigenvalue weighted by Crippen LogP contribution is -2.25. The van der Waals surface area contributed by atoms with E-state index in [0.29, 0.717) is 11.3 Å². The molecule has 0 fully saturated rings. The number of anilines is 1. The number of para-hydroxylation sites is 1. The highest BCUT2D eigenvalue weighted by molar-refractivity contribution is 6.06. The van der Waals surface area contributed by atoms with Gasteiger partial charge in [-0.15, -0.1) is 0 Å². The molecule has 0 aliphatic heterocycles. The normalized spacial score (nSPS) is 10.5. The molecule has 1 amide bonds. The second-order valence-electron chi connectivity index (χ2n) is 4.05. The average Bonchev–Trinajstić information content (AvgIpc) is 2.53. The summed E-state index contributed by atoms with van der Waals surface area (Å²) in [6.07, 6.45) is 1.59. The molecule has 0 atom stereocenters. The highest BCUT2D eigenvalue weighted by Crippen LogP contribution is 2.19. The van der Waals surface area contributed by atoms with Gasteiger partial charge in [-0.05, 0) is 43.3 Å². The Bertz CT molecular complexity index is 592. The highest BCUT2D eigenvalue weighted by atomic mass is 16.5. The van der Waals surface area contributed by atoms with E-state index in [-0.39, 0.29) is 5.91 Å². The Kier molecular flexibility index (Phi) is 4.50. The van der Waals surface area contributed by atoms with Crippen LogP contribution in [0.4, 0.5) is 5.69 Å². The van der Waals surface area contributed by atoms with Crippen LogP contribution in [0, 0.1) is 0 Å². The minimum Gasteiger partial charge on any atom is -0.497 e. The van der Waals surface area contributed by atoms with Crippen LogP contribution in [0.25, 0.3) is 0 Å². The van der Waals surface area contributed by atoms with Crippen molar-refractivity contribution >= 4 is 17.8 Å². The molecule has 0 heterocycles. The van der Waals surface area contributed by atoms with Crippen molar-refractivity contribution in [2.45, 2.75) is 6.92 Å². The minimum atomic E-state index is -0.183. The summed E-state index contributed by atoms with van der Waals surface area (Å²) in [4.78, 5) is 12.5. The van der Waals surface area contributed by atoms with Gasteiger partial charge in [-0.25, -0.2) is 0 Å². The third-order valence-electron chi connectivity index (χ3n) is 2.76. The molecular formula is C16H16N2O2. The summed E-state index contributed by atoms with van der Waals surface area (Å²) in [6, 6.07) is 16.3. The first-order valence-electron chi connectivity index (χ1n) is 6.28. The number of amides is 1. The second kappa shape index (κ2) is 6.52. The quantitative estimate of drug-likeness (QED) is 0.630. The third kappa shape index (κ3) is 3.03. The molecule has 20 heavy (non-hydrogen) atoms. The van der Waals surface area contributed by atoms with Gasteiger partial charge in [0.05, 0.1) is 12.8 Å². The summed E-state index contributed by atoms with van der Waals surface area (Å²) >= 11 is 0. The van der Waals surface area contributed by atoms with Crippen LogP contribution in [0.2, 0.25) is 0 Å². The van der Waals surface area contributed by atoms with Gasteiger partial charge in [0.25, 0.3) is 5.91 Å². The van der Waals surface area contributed by atoms with E-state index in [0.717, 1.165) is 5.69 Å². The van der Waals surface area contributed by atoms with E-state index in [1.54, 1.807) is 44.5 Å².